The third-order valence-corrected chi connectivity index (χ3v) is 8.85. The molecule has 2 heterocycles. The van der Waals surface area contributed by atoms with Crippen molar-refractivity contribution >= 4 is 50.5 Å². The van der Waals surface area contributed by atoms with Gasteiger partial charge in [0.15, 0.2) is 0 Å². The van der Waals surface area contributed by atoms with Crippen molar-refractivity contribution in [3.05, 3.63) is 87.1 Å². The summed E-state index contributed by atoms with van der Waals surface area (Å²) in [5.41, 5.74) is 1.59. The lowest BCUT2D eigenvalue weighted by Crippen LogP contribution is -2.57. The van der Waals surface area contributed by atoms with Gasteiger partial charge in [0, 0.05) is 36.8 Å². The van der Waals surface area contributed by atoms with Crippen molar-refractivity contribution in [3.63, 3.8) is 0 Å². The summed E-state index contributed by atoms with van der Waals surface area (Å²) in [4.78, 5) is 42.2. The summed E-state index contributed by atoms with van der Waals surface area (Å²) in [6.45, 7) is 2.69. The molecule has 0 saturated carbocycles. The van der Waals surface area contributed by atoms with Crippen LogP contribution in [-0.4, -0.2) is 67.5 Å². The summed E-state index contributed by atoms with van der Waals surface area (Å²) in [6, 6.07) is 15.8. The number of rotatable bonds is 6. The number of benzene rings is 2. The van der Waals surface area contributed by atoms with E-state index in [-0.39, 0.29) is 41.9 Å². The van der Waals surface area contributed by atoms with E-state index in [1.165, 1.54) is 29.2 Å². The number of hydrogen-bond donors (Lipinski definition) is 1. The molecule has 1 aliphatic rings. The average Bonchev–Trinajstić information content (AvgIpc) is 3.42. The third-order valence-electron chi connectivity index (χ3n) is 5.86. The predicted molar refractivity (Wildman–Crippen MR) is 138 cm³/mol. The first-order valence-electron chi connectivity index (χ1n) is 11.2. The lowest BCUT2D eigenvalue weighted by molar-refractivity contribution is -0.132. The van der Waals surface area contributed by atoms with E-state index >= 15 is 0 Å². The summed E-state index contributed by atoms with van der Waals surface area (Å²) >= 11 is 7.04. The fraction of sp³-hybridized carbons (Fsp3) is 0.240. The summed E-state index contributed by atoms with van der Waals surface area (Å²) in [7, 11) is -4.29. The summed E-state index contributed by atoms with van der Waals surface area (Å²) in [5.74, 6) is -1.57. The van der Waals surface area contributed by atoms with Crippen molar-refractivity contribution in [2.24, 2.45) is 0 Å². The Kier molecular flexibility index (Phi) is 7.77. The van der Waals surface area contributed by atoms with Gasteiger partial charge >= 0.3 is 0 Å². The maximum absolute atomic E-state index is 13.5. The summed E-state index contributed by atoms with van der Waals surface area (Å²) in [6.07, 6.45) is 0. The number of thiophene rings is 1. The molecule has 1 aliphatic heterocycles. The number of carbonyl (C=O) groups is 3. The van der Waals surface area contributed by atoms with Crippen LogP contribution in [0.5, 0.6) is 0 Å². The van der Waals surface area contributed by atoms with Crippen LogP contribution in [0.4, 0.5) is 0 Å². The molecule has 1 unspecified atom stereocenters. The number of nitrogens with one attached hydrogen (secondary N) is 1. The second-order valence-electron chi connectivity index (χ2n) is 8.31. The fourth-order valence-electron chi connectivity index (χ4n) is 3.80. The van der Waals surface area contributed by atoms with E-state index in [9.17, 15) is 22.8 Å². The van der Waals surface area contributed by atoms with E-state index in [1.807, 2.05) is 19.1 Å². The molecular weight excluding hydrogens is 522 g/mol. The van der Waals surface area contributed by atoms with Crippen molar-refractivity contribution in [1.82, 2.24) is 15.1 Å². The molecule has 3 amide bonds. The quantitative estimate of drug-likeness (QED) is 0.512. The minimum absolute atomic E-state index is 0.134. The Bertz CT molecular complexity index is 1350. The molecule has 4 rings (SSSR count). The number of carbonyl (C=O) groups excluding carboxylic acids is 3. The molecule has 0 radical (unpaired) electrons. The van der Waals surface area contributed by atoms with Crippen LogP contribution in [0.15, 0.2) is 70.9 Å². The molecule has 2 aromatic carbocycles. The van der Waals surface area contributed by atoms with Crippen LogP contribution >= 0.6 is 22.9 Å². The minimum Gasteiger partial charge on any atom is -0.336 e. The van der Waals surface area contributed by atoms with Crippen molar-refractivity contribution in [2.45, 2.75) is 17.2 Å². The zero-order chi connectivity index (χ0) is 25.9. The van der Waals surface area contributed by atoms with Gasteiger partial charge in [-0.2, -0.15) is 0 Å². The van der Waals surface area contributed by atoms with Crippen LogP contribution in [0.1, 0.15) is 25.6 Å². The topological polar surface area (TPSA) is 104 Å². The lowest BCUT2D eigenvalue weighted by atomic mass is 10.1. The van der Waals surface area contributed by atoms with Gasteiger partial charge in [0.05, 0.1) is 9.77 Å². The molecule has 36 heavy (non-hydrogen) atoms. The van der Waals surface area contributed by atoms with Gasteiger partial charge < -0.3 is 15.1 Å². The smallest absolute Gasteiger partial charge is 0.262 e. The molecule has 11 heteroatoms. The van der Waals surface area contributed by atoms with Crippen molar-refractivity contribution in [2.75, 3.05) is 26.2 Å². The second kappa shape index (κ2) is 10.8. The van der Waals surface area contributed by atoms with E-state index in [0.29, 0.717) is 10.6 Å². The zero-order valence-electron chi connectivity index (χ0n) is 19.4. The minimum atomic E-state index is -4.29. The summed E-state index contributed by atoms with van der Waals surface area (Å²) < 4.78 is 26.9. The van der Waals surface area contributed by atoms with Gasteiger partial charge in [-0.3, -0.25) is 14.4 Å². The Morgan fingerprint density at radius 1 is 0.917 bits per heavy atom. The first-order valence-corrected chi connectivity index (χ1v) is 14.0. The van der Waals surface area contributed by atoms with E-state index < -0.39 is 27.0 Å². The molecule has 1 atom stereocenters. The maximum Gasteiger partial charge on any atom is 0.262 e. The van der Waals surface area contributed by atoms with E-state index in [2.05, 4.69) is 5.32 Å². The first kappa shape index (κ1) is 25.9. The predicted octanol–water partition coefficient (Wildman–Crippen LogP) is 3.22. The molecule has 0 spiro atoms. The number of piperazine rings is 1. The summed E-state index contributed by atoms with van der Waals surface area (Å²) in [5, 5.41) is 2.61. The van der Waals surface area contributed by atoms with E-state index in [4.69, 9.17) is 11.6 Å². The van der Waals surface area contributed by atoms with E-state index in [0.717, 1.165) is 16.9 Å². The van der Waals surface area contributed by atoms with Crippen molar-refractivity contribution < 1.29 is 22.8 Å². The Morgan fingerprint density at radius 2 is 1.53 bits per heavy atom. The highest BCUT2D eigenvalue weighted by Crippen LogP contribution is 2.21. The molecule has 188 valence electrons. The molecule has 1 N–H and O–H groups in total. The van der Waals surface area contributed by atoms with Gasteiger partial charge in [0.2, 0.25) is 15.2 Å². The van der Waals surface area contributed by atoms with Crippen molar-refractivity contribution in [1.29, 1.82) is 0 Å². The van der Waals surface area contributed by atoms with Gasteiger partial charge in [0.1, 0.15) is 0 Å². The number of aryl methyl sites for hydroxylation is 1. The highest BCUT2D eigenvalue weighted by atomic mass is 35.5. The standard InChI is InChI=1S/C25H24ClN3O5S2/c1-17-4-6-18(7-5-17)24(31)28-12-14-29(15-13-28)25(32)23(27-22(30)21-3-2-16-35-21)36(33,34)20-10-8-19(26)9-11-20/h2-11,16,23H,12-15H2,1H3,(H,27,30). The Morgan fingerprint density at radius 3 is 2.11 bits per heavy atom. The Labute approximate surface area is 218 Å². The highest BCUT2D eigenvalue weighted by Gasteiger charge is 2.39. The zero-order valence-corrected chi connectivity index (χ0v) is 21.8. The number of sulfone groups is 1. The van der Waals surface area contributed by atoms with E-state index in [1.54, 1.807) is 34.5 Å². The largest absolute Gasteiger partial charge is 0.336 e. The molecule has 1 fully saturated rings. The van der Waals surface area contributed by atoms with Gasteiger partial charge in [-0.25, -0.2) is 8.42 Å². The average molecular weight is 546 g/mol. The molecule has 1 saturated heterocycles. The Balaban J connectivity index is 1.53. The Hall–Kier alpha value is -3.21. The van der Waals surface area contributed by atoms with Gasteiger partial charge in [-0.05, 0) is 54.8 Å². The number of nitrogens with zero attached hydrogens (tertiary/aromatic N) is 2. The molecule has 1 aromatic heterocycles. The number of amides is 3. The van der Waals surface area contributed by atoms with Crippen LogP contribution in [0.2, 0.25) is 5.02 Å². The first-order chi connectivity index (χ1) is 17.2. The van der Waals surface area contributed by atoms with Crippen LogP contribution in [0.3, 0.4) is 0 Å². The van der Waals surface area contributed by atoms with Crippen molar-refractivity contribution in [3.8, 4) is 0 Å². The van der Waals surface area contributed by atoms with Crippen LogP contribution in [0.25, 0.3) is 0 Å². The highest BCUT2D eigenvalue weighted by molar-refractivity contribution is 7.92. The maximum atomic E-state index is 13.5. The number of hydrogen-bond acceptors (Lipinski definition) is 6. The molecule has 0 bridgehead atoms. The van der Waals surface area contributed by atoms with Gasteiger partial charge in [-0.15, -0.1) is 11.3 Å². The second-order valence-corrected chi connectivity index (χ2v) is 11.7. The molecule has 0 aliphatic carbocycles. The van der Waals surface area contributed by atoms with Gasteiger partial charge in [-0.1, -0.05) is 35.4 Å². The third kappa shape index (κ3) is 5.61. The van der Waals surface area contributed by atoms with Gasteiger partial charge in [0.25, 0.3) is 17.7 Å². The monoisotopic (exact) mass is 545 g/mol. The van der Waals surface area contributed by atoms with Crippen LogP contribution in [-0.2, 0) is 14.6 Å². The van der Waals surface area contributed by atoms with Crippen LogP contribution < -0.4 is 5.32 Å². The molecular formula is C25H24ClN3O5S2. The lowest BCUT2D eigenvalue weighted by Gasteiger charge is -2.36. The molecule has 3 aromatic rings. The number of halogens is 1. The van der Waals surface area contributed by atoms with Crippen LogP contribution in [0, 0.1) is 6.92 Å². The molecule has 8 nitrogen and oxygen atoms in total. The normalized spacial score (nSPS) is 14.8. The fourth-order valence-corrected chi connectivity index (χ4v) is 6.02. The SMILES string of the molecule is Cc1ccc(C(=O)N2CCN(C(=O)C(NC(=O)c3cccs3)S(=O)(=O)c3ccc(Cl)cc3)CC2)cc1.